The third-order valence-corrected chi connectivity index (χ3v) is 2.87. The number of hydrogen-bond donors (Lipinski definition) is 1. The highest BCUT2D eigenvalue weighted by molar-refractivity contribution is 6.31. The van der Waals surface area contributed by atoms with Crippen LogP contribution < -0.4 is 4.74 Å². The zero-order valence-electron chi connectivity index (χ0n) is 9.68. The van der Waals surface area contributed by atoms with Crippen LogP contribution in [0.5, 0.6) is 11.5 Å². The zero-order valence-corrected chi connectivity index (χ0v) is 10.4. The number of carboxylic acids is 1. The molecule has 0 aromatic heterocycles. The van der Waals surface area contributed by atoms with Gasteiger partial charge in [0.05, 0.1) is 5.56 Å². The second-order valence-electron chi connectivity index (χ2n) is 3.85. The van der Waals surface area contributed by atoms with E-state index in [4.69, 9.17) is 21.4 Å². The van der Waals surface area contributed by atoms with Gasteiger partial charge in [0.25, 0.3) is 0 Å². The number of aryl methyl sites for hydroxylation is 1. The highest BCUT2D eigenvalue weighted by atomic mass is 35.5. The Morgan fingerprint density at radius 1 is 1.17 bits per heavy atom. The Morgan fingerprint density at radius 2 is 1.89 bits per heavy atom. The number of halogens is 1. The van der Waals surface area contributed by atoms with Gasteiger partial charge < -0.3 is 9.84 Å². The first-order valence-corrected chi connectivity index (χ1v) is 5.71. The highest BCUT2D eigenvalue weighted by Gasteiger charge is 2.05. The van der Waals surface area contributed by atoms with Gasteiger partial charge in [0.15, 0.2) is 0 Å². The van der Waals surface area contributed by atoms with Crippen LogP contribution in [0.3, 0.4) is 0 Å². The maximum Gasteiger partial charge on any atom is 0.335 e. The van der Waals surface area contributed by atoms with Crippen LogP contribution in [0.15, 0.2) is 42.5 Å². The van der Waals surface area contributed by atoms with Crippen LogP contribution in [-0.2, 0) is 0 Å². The molecule has 0 bridgehead atoms. The fourth-order valence-corrected chi connectivity index (χ4v) is 1.64. The lowest BCUT2D eigenvalue weighted by atomic mass is 10.2. The van der Waals surface area contributed by atoms with Gasteiger partial charge in [-0.05, 0) is 42.8 Å². The fourth-order valence-electron chi connectivity index (χ4n) is 1.47. The number of carboxylic acid groups (broad SMARTS) is 1. The number of rotatable bonds is 3. The van der Waals surface area contributed by atoms with Gasteiger partial charge in [0.1, 0.15) is 11.5 Å². The van der Waals surface area contributed by atoms with Gasteiger partial charge in [0, 0.05) is 5.02 Å². The smallest absolute Gasteiger partial charge is 0.335 e. The molecule has 0 fully saturated rings. The second-order valence-corrected chi connectivity index (χ2v) is 4.25. The van der Waals surface area contributed by atoms with E-state index in [2.05, 4.69) is 0 Å². The molecule has 2 aromatic carbocycles. The first-order valence-electron chi connectivity index (χ1n) is 5.33. The molecule has 0 aliphatic heterocycles. The maximum atomic E-state index is 10.8. The summed E-state index contributed by atoms with van der Waals surface area (Å²) in [6.07, 6.45) is 0. The highest BCUT2D eigenvalue weighted by Crippen LogP contribution is 2.26. The first kappa shape index (κ1) is 12.5. The van der Waals surface area contributed by atoms with E-state index < -0.39 is 5.97 Å². The van der Waals surface area contributed by atoms with Crippen molar-refractivity contribution in [2.45, 2.75) is 6.92 Å². The van der Waals surface area contributed by atoms with Crippen molar-refractivity contribution in [1.82, 2.24) is 0 Å². The van der Waals surface area contributed by atoms with Crippen LogP contribution >= 0.6 is 11.6 Å². The Balaban J connectivity index is 2.25. The molecule has 92 valence electrons. The largest absolute Gasteiger partial charge is 0.478 e. The molecule has 0 spiro atoms. The monoisotopic (exact) mass is 262 g/mol. The Hall–Kier alpha value is -2.00. The quantitative estimate of drug-likeness (QED) is 0.904. The normalized spacial score (nSPS) is 10.1. The minimum absolute atomic E-state index is 0.186. The van der Waals surface area contributed by atoms with Crippen molar-refractivity contribution in [2.24, 2.45) is 0 Å². The molecule has 1 N–H and O–H groups in total. The number of hydrogen-bond acceptors (Lipinski definition) is 2. The molecule has 0 atom stereocenters. The summed E-state index contributed by atoms with van der Waals surface area (Å²) in [5.74, 6) is 0.0605. The second kappa shape index (κ2) is 5.10. The van der Waals surface area contributed by atoms with Crippen LogP contribution in [-0.4, -0.2) is 11.1 Å². The van der Waals surface area contributed by atoms with Crippen molar-refractivity contribution in [3.05, 3.63) is 58.6 Å². The predicted octanol–water partition coefficient (Wildman–Crippen LogP) is 4.14. The number of carbonyl (C=O) groups is 1. The Bertz CT molecular complexity index is 593. The lowest BCUT2D eigenvalue weighted by molar-refractivity contribution is 0.0696. The molecule has 2 aromatic rings. The Labute approximate surface area is 110 Å². The van der Waals surface area contributed by atoms with Gasteiger partial charge >= 0.3 is 5.97 Å². The third kappa shape index (κ3) is 2.81. The molecule has 0 aliphatic rings. The van der Waals surface area contributed by atoms with Crippen molar-refractivity contribution >= 4 is 17.6 Å². The zero-order chi connectivity index (χ0) is 13.1. The minimum atomic E-state index is -0.984. The van der Waals surface area contributed by atoms with Gasteiger partial charge in [-0.3, -0.25) is 0 Å². The standard InChI is InChI=1S/C14H11ClO3/c1-9-5-6-12(8-13(9)15)18-11-4-2-3-10(7-11)14(16)17/h2-8H,1H3,(H,16,17). The van der Waals surface area contributed by atoms with E-state index in [1.807, 2.05) is 13.0 Å². The average Bonchev–Trinajstić information content (AvgIpc) is 2.34. The van der Waals surface area contributed by atoms with Crippen molar-refractivity contribution < 1.29 is 14.6 Å². The van der Waals surface area contributed by atoms with E-state index in [1.165, 1.54) is 12.1 Å². The van der Waals surface area contributed by atoms with Crippen molar-refractivity contribution in [3.63, 3.8) is 0 Å². The molecular weight excluding hydrogens is 252 g/mol. The molecule has 18 heavy (non-hydrogen) atoms. The van der Waals surface area contributed by atoms with Crippen LogP contribution in [0.2, 0.25) is 5.02 Å². The van der Waals surface area contributed by atoms with E-state index in [1.54, 1.807) is 24.3 Å². The molecule has 0 aliphatic carbocycles. The molecule has 0 saturated carbocycles. The lowest BCUT2D eigenvalue weighted by Gasteiger charge is -2.07. The van der Waals surface area contributed by atoms with Gasteiger partial charge in [-0.2, -0.15) is 0 Å². The van der Waals surface area contributed by atoms with Gasteiger partial charge in [0.2, 0.25) is 0 Å². The summed E-state index contributed by atoms with van der Waals surface area (Å²) < 4.78 is 5.56. The number of aromatic carboxylic acids is 1. The fraction of sp³-hybridized carbons (Fsp3) is 0.0714. The molecule has 4 heteroatoms. The van der Waals surface area contributed by atoms with E-state index in [0.717, 1.165) is 5.56 Å². The predicted molar refractivity (Wildman–Crippen MR) is 69.7 cm³/mol. The van der Waals surface area contributed by atoms with Gasteiger partial charge in [-0.1, -0.05) is 23.7 Å². The minimum Gasteiger partial charge on any atom is -0.478 e. The SMILES string of the molecule is Cc1ccc(Oc2cccc(C(=O)O)c2)cc1Cl. The summed E-state index contributed by atoms with van der Waals surface area (Å²) >= 11 is 5.99. The molecular formula is C14H11ClO3. The third-order valence-electron chi connectivity index (χ3n) is 2.46. The summed E-state index contributed by atoms with van der Waals surface area (Å²) in [6, 6.07) is 11.6. The van der Waals surface area contributed by atoms with Crippen LogP contribution in [0.4, 0.5) is 0 Å². The summed E-state index contributed by atoms with van der Waals surface area (Å²) in [4.78, 5) is 10.8. The molecule has 0 saturated heterocycles. The molecule has 3 nitrogen and oxygen atoms in total. The molecule has 0 radical (unpaired) electrons. The van der Waals surface area contributed by atoms with Gasteiger partial charge in [-0.15, -0.1) is 0 Å². The van der Waals surface area contributed by atoms with Crippen molar-refractivity contribution in [3.8, 4) is 11.5 Å². The average molecular weight is 263 g/mol. The topological polar surface area (TPSA) is 46.5 Å². The van der Waals surface area contributed by atoms with Crippen LogP contribution in [0, 0.1) is 6.92 Å². The van der Waals surface area contributed by atoms with Crippen molar-refractivity contribution in [2.75, 3.05) is 0 Å². The van der Waals surface area contributed by atoms with E-state index in [0.29, 0.717) is 16.5 Å². The number of benzene rings is 2. The molecule has 0 amide bonds. The maximum absolute atomic E-state index is 10.8. The summed E-state index contributed by atoms with van der Waals surface area (Å²) in [7, 11) is 0. The Morgan fingerprint density at radius 3 is 2.56 bits per heavy atom. The number of ether oxygens (including phenoxy) is 1. The molecule has 0 heterocycles. The van der Waals surface area contributed by atoms with Crippen molar-refractivity contribution in [1.29, 1.82) is 0 Å². The van der Waals surface area contributed by atoms with E-state index in [-0.39, 0.29) is 5.56 Å². The van der Waals surface area contributed by atoms with E-state index >= 15 is 0 Å². The van der Waals surface area contributed by atoms with E-state index in [9.17, 15) is 4.79 Å². The summed E-state index contributed by atoms with van der Waals surface area (Å²) in [6.45, 7) is 1.90. The summed E-state index contributed by atoms with van der Waals surface area (Å²) in [5, 5.41) is 9.49. The first-order chi connectivity index (χ1) is 8.56. The summed E-state index contributed by atoms with van der Waals surface area (Å²) in [5.41, 5.74) is 1.15. The van der Waals surface area contributed by atoms with Crippen LogP contribution in [0.25, 0.3) is 0 Å². The van der Waals surface area contributed by atoms with Gasteiger partial charge in [-0.25, -0.2) is 4.79 Å². The lowest BCUT2D eigenvalue weighted by Crippen LogP contribution is -1.96. The van der Waals surface area contributed by atoms with Crippen LogP contribution in [0.1, 0.15) is 15.9 Å². The molecule has 2 rings (SSSR count). The Kier molecular flexibility index (Phi) is 3.53. The molecule has 0 unspecified atom stereocenters.